The van der Waals surface area contributed by atoms with E-state index in [9.17, 15) is 0 Å². The standard InChI is InChI=1S/C14H18N2S/c1-10-4-3-5-12(6-10)8-14(16-15)13-7-11(2)17-9-13/h3-7,9,14,16H,8,15H2,1-2H3. The molecule has 0 amide bonds. The normalized spacial score (nSPS) is 12.6. The summed E-state index contributed by atoms with van der Waals surface area (Å²) >= 11 is 1.77. The molecule has 0 aliphatic heterocycles. The predicted octanol–water partition coefficient (Wildman–Crippen LogP) is 3.11. The van der Waals surface area contributed by atoms with Crippen LogP contribution in [0.25, 0.3) is 0 Å². The van der Waals surface area contributed by atoms with E-state index in [1.165, 1.54) is 21.6 Å². The summed E-state index contributed by atoms with van der Waals surface area (Å²) in [5.74, 6) is 5.65. The largest absolute Gasteiger partial charge is 0.271 e. The summed E-state index contributed by atoms with van der Waals surface area (Å²) in [4.78, 5) is 1.32. The fourth-order valence-electron chi connectivity index (χ4n) is 1.99. The topological polar surface area (TPSA) is 38.0 Å². The van der Waals surface area contributed by atoms with Crippen LogP contribution in [0.5, 0.6) is 0 Å². The first kappa shape index (κ1) is 12.3. The van der Waals surface area contributed by atoms with Gasteiger partial charge in [-0.2, -0.15) is 0 Å². The lowest BCUT2D eigenvalue weighted by atomic mass is 10.0. The fourth-order valence-corrected chi connectivity index (χ4v) is 2.75. The molecule has 1 heterocycles. The van der Waals surface area contributed by atoms with E-state index in [1.54, 1.807) is 11.3 Å². The number of hydrogen-bond acceptors (Lipinski definition) is 3. The lowest BCUT2D eigenvalue weighted by molar-refractivity contribution is 0.553. The molecule has 0 bridgehead atoms. The summed E-state index contributed by atoms with van der Waals surface area (Å²) in [6.07, 6.45) is 0.925. The molecule has 2 aromatic rings. The Morgan fingerprint density at radius 2 is 2.12 bits per heavy atom. The van der Waals surface area contributed by atoms with E-state index in [0.717, 1.165) is 6.42 Å². The summed E-state index contributed by atoms with van der Waals surface area (Å²) in [7, 11) is 0. The Morgan fingerprint density at radius 3 is 2.71 bits per heavy atom. The Morgan fingerprint density at radius 1 is 1.29 bits per heavy atom. The van der Waals surface area contributed by atoms with E-state index in [2.05, 4.69) is 55.0 Å². The van der Waals surface area contributed by atoms with Gasteiger partial charge in [0.2, 0.25) is 0 Å². The highest BCUT2D eigenvalue weighted by atomic mass is 32.1. The Labute approximate surface area is 106 Å². The van der Waals surface area contributed by atoms with Gasteiger partial charge in [0.25, 0.3) is 0 Å². The van der Waals surface area contributed by atoms with Crippen LogP contribution >= 0.6 is 11.3 Å². The highest BCUT2D eigenvalue weighted by Gasteiger charge is 2.11. The molecule has 90 valence electrons. The van der Waals surface area contributed by atoms with Crippen molar-refractivity contribution in [2.45, 2.75) is 26.3 Å². The van der Waals surface area contributed by atoms with Crippen molar-refractivity contribution in [3.63, 3.8) is 0 Å². The first-order chi connectivity index (χ1) is 8.19. The maximum absolute atomic E-state index is 5.65. The lowest BCUT2D eigenvalue weighted by Crippen LogP contribution is -2.29. The maximum atomic E-state index is 5.65. The Hall–Kier alpha value is -1.16. The molecule has 1 atom stereocenters. The molecular formula is C14H18N2S. The van der Waals surface area contributed by atoms with Gasteiger partial charge in [0.1, 0.15) is 0 Å². The first-order valence-corrected chi connectivity index (χ1v) is 6.63. The van der Waals surface area contributed by atoms with E-state index < -0.39 is 0 Å². The van der Waals surface area contributed by atoms with Crippen LogP contribution in [0, 0.1) is 13.8 Å². The monoisotopic (exact) mass is 246 g/mol. The number of rotatable bonds is 4. The molecule has 0 fully saturated rings. The lowest BCUT2D eigenvalue weighted by Gasteiger charge is -2.15. The smallest absolute Gasteiger partial charge is 0.0508 e. The summed E-state index contributed by atoms with van der Waals surface area (Å²) in [5.41, 5.74) is 6.79. The van der Waals surface area contributed by atoms with Crippen molar-refractivity contribution in [3.05, 3.63) is 57.3 Å². The summed E-state index contributed by atoms with van der Waals surface area (Å²) < 4.78 is 0. The number of thiophene rings is 1. The van der Waals surface area contributed by atoms with Gasteiger partial charge in [0.15, 0.2) is 0 Å². The molecule has 0 saturated heterocycles. The van der Waals surface area contributed by atoms with E-state index >= 15 is 0 Å². The quantitative estimate of drug-likeness (QED) is 0.642. The summed E-state index contributed by atoms with van der Waals surface area (Å²) in [5, 5.41) is 2.18. The van der Waals surface area contributed by atoms with Gasteiger partial charge in [0, 0.05) is 4.88 Å². The van der Waals surface area contributed by atoms with Crippen molar-refractivity contribution >= 4 is 11.3 Å². The first-order valence-electron chi connectivity index (χ1n) is 5.76. The average Bonchev–Trinajstić information content (AvgIpc) is 2.73. The van der Waals surface area contributed by atoms with Gasteiger partial charge in [-0.1, -0.05) is 29.8 Å². The molecule has 1 aromatic carbocycles. The molecule has 3 heteroatoms. The van der Waals surface area contributed by atoms with Crippen LogP contribution in [-0.4, -0.2) is 0 Å². The minimum Gasteiger partial charge on any atom is -0.271 e. The third-order valence-corrected chi connectivity index (χ3v) is 3.76. The molecule has 0 radical (unpaired) electrons. The molecule has 2 rings (SSSR count). The predicted molar refractivity (Wildman–Crippen MR) is 74.0 cm³/mol. The van der Waals surface area contributed by atoms with Crippen molar-refractivity contribution in [3.8, 4) is 0 Å². The second-order valence-electron chi connectivity index (χ2n) is 4.40. The number of nitrogens with two attached hydrogens (primary N) is 1. The number of aryl methyl sites for hydroxylation is 2. The van der Waals surface area contributed by atoms with Gasteiger partial charge in [-0.25, -0.2) is 0 Å². The third kappa shape index (κ3) is 3.16. The number of hydrazine groups is 1. The van der Waals surface area contributed by atoms with E-state index in [1.807, 2.05) is 0 Å². The van der Waals surface area contributed by atoms with Crippen molar-refractivity contribution in [2.24, 2.45) is 5.84 Å². The van der Waals surface area contributed by atoms with Crippen LogP contribution in [0.2, 0.25) is 0 Å². The van der Waals surface area contributed by atoms with Crippen LogP contribution in [0.1, 0.15) is 27.6 Å². The van der Waals surface area contributed by atoms with Gasteiger partial charge in [-0.15, -0.1) is 11.3 Å². The highest BCUT2D eigenvalue weighted by molar-refractivity contribution is 7.10. The second kappa shape index (κ2) is 5.45. The van der Waals surface area contributed by atoms with Gasteiger partial charge in [-0.3, -0.25) is 11.3 Å². The molecule has 0 saturated carbocycles. The second-order valence-corrected chi connectivity index (χ2v) is 5.52. The molecule has 2 nitrogen and oxygen atoms in total. The zero-order chi connectivity index (χ0) is 12.3. The van der Waals surface area contributed by atoms with Gasteiger partial charge < -0.3 is 0 Å². The molecule has 1 aromatic heterocycles. The van der Waals surface area contributed by atoms with Crippen molar-refractivity contribution in [1.29, 1.82) is 0 Å². The van der Waals surface area contributed by atoms with Crippen LogP contribution in [-0.2, 0) is 6.42 Å². The minimum absolute atomic E-state index is 0.196. The molecule has 3 N–H and O–H groups in total. The summed E-state index contributed by atoms with van der Waals surface area (Å²) in [6.45, 7) is 4.23. The van der Waals surface area contributed by atoms with Gasteiger partial charge in [-0.05, 0) is 42.8 Å². The fraction of sp³-hybridized carbons (Fsp3) is 0.286. The Bertz CT molecular complexity index is 490. The number of hydrogen-bond donors (Lipinski definition) is 2. The van der Waals surface area contributed by atoms with E-state index in [-0.39, 0.29) is 6.04 Å². The van der Waals surface area contributed by atoms with E-state index in [4.69, 9.17) is 5.84 Å². The minimum atomic E-state index is 0.196. The molecule has 0 aliphatic rings. The van der Waals surface area contributed by atoms with Crippen LogP contribution < -0.4 is 11.3 Å². The van der Waals surface area contributed by atoms with E-state index in [0.29, 0.717) is 0 Å². The van der Waals surface area contributed by atoms with Gasteiger partial charge >= 0.3 is 0 Å². The SMILES string of the molecule is Cc1cccc(CC(NN)c2csc(C)c2)c1. The van der Waals surface area contributed by atoms with Crippen molar-refractivity contribution in [1.82, 2.24) is 5.43 Å². The van der Waals surface area contributed by atoms with Crippen LogP contribution in [0.4, 0.5) is 0 Å². The molecule has 0 aliphatic carbocycles. The third-order valence-electron chi connectivity index (χ3n) is 2.88. The zero-order valence-corrected chi connectivity index (χ0v) is 11.1. The zero-order valence-electron chi connectivity index (χ0n) is 10.2. The van der Waals surface area contributed by atoms with Crippen LogP contribution in [0.3, 0.4) is 0 Å². The Kier molecular flexibility index (Phi) is 3.94. The molecule has 1 unspecified atom stereocenters. The molecular weight excluding hydrogens is 228 g/mol. The van der Waals surface area contributed by atoms with Crippen molar-refractivity contribution in [2.75, 3.05) is 0 Å². The average molecular weight is 246 g/mol. The molecule has 0 spiro atoms. The Balaban J connectivity index is 2.15. The summed E-state index contributed by atoms with van der Waals surface area (Å²) in [6, 6.07) is 11.0. The number of benzene rings is 1. The van der Waals surface area contributed by atoms with Gasteiger partial charge in [0.05, 0.1) is 6.04 Å². The van der Waals surface area contributed by atoms with Crippen molar-refractivity contribution < 1.29 is 0 Å². The van der Waals surface area contributed by atoms with Crippen LogP contribution in [0.15, 0.2) is 35.7 Å². The maximum Gasteiger partial charge on any atom is 0.0508 e. The highest BCUT2D eigenvalue weighted by Crippen LogP contribution is 2.23. The number of nitrogens with one attached hydrogen (secondary N) is 1. The molecule has 17 heavy (non-hydrogen) atoms.